The molecule has 1 N–H and O–H groups in total. The lowest BCUT2D eigenvalue weighted by atomic mass is 10.1. The zero-order valence-corrected chi connectivity index (χ0v) is 10.8. The van der Waals surface area contributed by atoms with Crippen molar-refractivity contribution in [3.63, 3.8) is 0 Å². The predicted molar refractivity (Wildman–Crippen MR) is 62.5 cm³/mol. The summed E-state index contributed by atoms with van der Waals surface area (Å²) in [5.74, 6) is 1.01. The third-order valence-corrected chi connectivity index (χ3v) is 3.53. The highest BCUT2D eigenvalue weighted by Gasteiger charge is 2.35. The van der Waals surface area contributed by atoms with Crippen molar-refractivity contribution in [2.45, 2.75) is 25.9 Å². The van der Waals surface area contributed by atoms with Crippen LogP contribution in [0.2, 0.25) is 0 Å². The number of hydrogen-bond donors (Lipinski definition) is 1. The van der Waals surface area contributed by atoms with Crippen LogP contribution in [0.3, 0.4) is 0 Å². The molecule has 3 nitrogen and oxygen atoms in total. The molecule has 0 fully saturated rings. The Hall–Kier alpha value is -0.560. The van der Waals surface area contributed by atoms with Gasteiger partial charge in [-0.2, -0.15) is 13.2 Å². The van der Waals surface area contributed by atoms with Gasteiger partial charge in [-0.25, -0.2) is 0 Å². The maximum absolute atomic E-state index is 12.2. The van der Waals surface area contributed by atoms with Crippen LogP contribution < -0.4 is 5.32 Å². The highest BCUT2D eigenvalue weighted by Crippen LogP contribution is 2.32. The second kappa shape index (κ2) is 6.39. The van der Waals surface area contributed by atoms with Crippen LogP contribution in [0.1, 0.15) is 24.8 Å². The maximum Gasteiger partial charge on any atom is 0.445 e. The second-order valence-corrected chi connectivity index (χ2v) is 5.02. The molecule has 0 spiro atoms. The fourth-order valence-electron chi connectivity index (χ4n) is 1.13. The van der Waals surface area contributed by atoms with E-state index in [1.807, 2.05) is 6.92 Å². The summed E-state index contributed by atoms with van der Waals surface area (Å²) in [6.45, 7) is 2.60. The zero-order valence-electron chi connectivity index (χ0n) is 9.22. The molecule has 8 heteroatoms. The first-order chi connectivity index (χ1) is 7.93. The minimum atomic E-state index is -4.41. The lowest BCUT2D eigenvalue weighted by Crippen LogP contribution is -2.04. The number of halogens is 4. The fourth-order valence-corrected chi connectivity index (χ4v) is 1.92. The Labute approximate surface area is 106 Å². The lowest BCUT2D eigenvalue weighted by molar-refractivity contribution is -0.138. The van der Waals surface area contributed by atoms with E-state index in [4.69, 9.17) is 11.6 Å². The van der Waals surface area contributed by atoms with Crippen molar-refractivity contribution in [3.8, 4) is 0 Å². The maximum atomic E-state index is 12.2. The van der Waals surface area contributed by atoms with Gasteiger partial charge in [-0.1, -0.05) is 18.3 Å². The monoisotopic (exact) mass is 287 g/mol. The van der Waals surface area contributed by atoms with Gasteiger partial charge in [-0.15, -0.1) is 21.8 Å². The van der Waals surface area contributed by atoms with Crippen LogP contribution in [-0.4, -0.2) is 22.6 Å². The zero-order chi connectivity index (χ0) is 12.9. The molecular weight excluding hydrogens is 275 g/mol. The second-order valence-electron chi connectivity index (χ2n) is 3.74. The smallest absolute Gasteiger partial charge is 0.360 e. The van der Waals surface area contributed by atoms with Crippen molar-refractivity contribution in [3.05, 3.63) is 5.01 Å². The quantitative estimate of drug-likeness (QED) is 0.641. The van der Waals surface area contributed by atoms with Crippen LogP contribution in [0, 0.1) is 5.92 Å². The first kappa shape index (κ1) is 14.5. The van der Waals surface area contributed by atoms with Crippen LogP contribution >= 0.6 is 22.9 Å². The molecule has 17 heavy (non-hydrogen) atoms. The van der Waals surface area contributed by atoms with E-state index in [1.54, 1.807) is 0 Å². The third kappa shape index (κ3) is 5.08. The molecule has 0 saturated heterocycles. The molecule has 0 radical (unpaired) electrons. The molecule has 1 atom stereocenters. The molecule has 1 rings (SSSR count). The minimum Gasteiger partial charge on any atom is -0.360 e. The van der Waals surface area contributed by atoms with Gasteiger partial charge in [0, 0.05) is 12.4 Å². The first-order valence-corrected chi connectivity index (χ1v) is 6.49. The molecule has 0 aromatic carbocycles. The molecule has 0 saturated carbocycles. The van der Waals surface area contributed by atoms with Gasteiger partial charge in [0.2, 0.25) is 10.1 Å². The Balaban J connectivity index is 2.31. The van der Waals surface area contributed by atoms with E-state index in [-0.39, 0.29) is 5.13 Å². The molecule has 1 unspecified atom stereocenters. The lowest BCUT2D eigenvalue weighted by Gasteiger charge is -2.06. The molecular formula is C9H13ClF3N3S. The molecule has 0 amide bonds. The molecule has 0 bridgehead atoms. The van der Waals surface area contributed by atoms with Gasteiger partial charge >= 0.3 is 6.18 Å². The molecule has 0 aliphatic rings. The van der Waals surface area contributed by atoms with Crippen LogP contribution in [0.5, 0.6) is 0 Å². The average Bonchev–Trinajstić information content (AvgIpc) is 2.72. The van der Waals surface area contributed by atoms with E-state index in [1.165, 1.54) is 0 Å². The minimum absolute atomic E-state index is 0.204. The first-order valence-electron chi connectivity index (χ1n) is 5.14. The number of rotatable bonds is 6. The Morgan fingerprint density at radius 2 is 2.12 bits per heavy atom. The topological polar surface area (TPSA) is 37.8 Å². The van der Waals surface area contributed by atoms with Crippen LogP contribution in [-0.2, 0) is 6.18 Å². The van der Waals surface area contributed by atoms with Gasteiger partial charge in [0.05, 0.1) is 0 Å². The van der Waals surface area contributed by atoms with Crippen LogP contribution in [0.4, 0.5) is 18.3 Å². The largest absolute Gasteiger partial charge is 0.445 e. The molecule has 0 aliphatic carbocycles. The van der Waals surface area contributed by atoms with Gasteiger partial charge in [-0.05, 0) is 18.8 Å². The molecule has 0 aliphatic heterocycles. The van der Waals surface area contributed by atoms with Crippen molar-refractivity contribution in [2.75, 3.05) is 17.7 Å². The Bertz CT molecular complexity index is 342. The molecule has 1 aromatic rings. The summed E-state index contributed by atoms with van der Waals surface area (Å²) in [5.41, 5.74) is 0. The van der Waals surface area contributed by atoms with Crippen molar-refractivity contribution in [1.82, 2.24) is 10.2 Å². The number of alkyl halides is 4. The molecule has 1 aromatic heterocycles. The normalized spacial score (nSPS) is 13.7. The van der Waals surface area contributed by atoms with Crippen molar-refractivity contribution in [1.29, 1.82) is 0 Å². The number of nitrogens with one attached hydrogen (secondary N) is 1. The average molecular weight is 288 g/mol. The fraction of sp³-hybridized carbons (Fsp3) is 0.778. The standard InChI is InChI=1S/C9H13ClF3N3S/c1-6(5-10)3-2-4-14-8-16-15-7(17-8)9(11,12)13/h6H,2-5H2,1H3,(H,14,16). The van der Waals surface area contributed by atoms with E-state index < -0.39 is 11.2 Å². The van der Waals surface area contributed by atoms with E-state index in [9.17, 15) is 13.2 Å². The van der Waals surface area contributed by atoms with Crippen molar-refractivity contribution >= 4 is 28.1 Å². The number of aromatic nitrogens is 2. The van der Waals surface area contributed by atoms with Gasteiger partial charge in [0.1, 0.15) is 0 Å². The highest BCUT2D eigenvalue weighted by atomic mass is 35.5. The van der Waals surface area contributed by atoms with E-state index in [0.29, 0.717) is 29.7 Å². The Kier molecular flexibility index (Phi) is 5.45. The van der Waals surface area contributed by atoms with E-state index in [2.05, 4.69) is 15.5 Å². The Morgan fingerprint density at radius 1 is 1.41 bits per heavy atom. The molecule has 98 valence electrons. The van der Waals surface area contributed by atoms with Crippen molar-refractivity contribution in [2.24, 2.45) is 5.92 Å². The summed E-state index contributed by atoms with van der Waals surface area (Å²) in [7, 11) is 0. The third-order valence-electron chi connectivity index (χ3n) is 2.08. The van der Waals surface area contributed by atoms with Crippen LogP contribution in [0.15, 0.2) is 0 Å². The predicted octanol–water partition coefficient (Wildman–Crippen LogP) is 3.62. The summed E-state index contributed by atoms with van der Waals surface area (Å²) in [6, 6.07) is 0. The van der Waals surface area contributed by atoms with Gasteiger partial charge in [0.25, 0.3) is 0 Å². The van der Waals surface area contributed by atoms with Crippen molar-refractivity contribution < 1.29 is 13.2 Å². The number of hydrogen-bond acceptors (Lipinski definition) is 4. The number of anilines is 1. The van der Waals surface area contributed by atoms with Gasteiger partial charge in [-0.3, -0.25) is 0 Å². The summed E-state index contributed by atoms with van der Waals surface area (Å²) in [5, 5.41) is 8.61. The van der Waals surface area contributed by atoms with E-state index >= 15 is 0 Å². The summed E-state index contributed by atoms with van der Waals surface area (Å²) in [4.78, 5) is 0. The Morgan fingerprint density at radius 3 is 2.65 bits per heavy atom. The summed E-state index contributed by atoms with van der Waals surface area (Å²) >= 11 is 6.16. The van der Waals surface area contributed by atoms with Crippen LogP contribution in [0.25, 0.3) is 0 Å². The molecule has 1 heterocycles. The van der Waals surface area contributed by atoms with Gasteiger partial charge in [0.15, 0.2) is 0 Å². The SMILES string of the molecule is CC(CCl)CCCNc1nnc(C(F)(F)F)s1. The summed E-state index contributed by atoms with van der Waals surface area (Å²) in [6.07, 6.45) is -2.64. The van der Waals surface area contributed by atoms with Gasteiger partial charge < -0.3 is 5.32 Å². The summed E-state index contributed by atoms with van der Waals surface area (Å²) < 4.78 is 36.6. The highest BCUT2D eigenvalue weighted by molar-refractivity contribution is 7.15. The van der Waals surface area contributed by atoms with E-state index in [0.717, 1.165) is 12.8 Å². The number of nitrogens with zero attached hydrogens (tertiary/aromatic N) is 2.